The van der Waals surface area contributed by atoms with E-state index in [0.29, 0.717) is 17.9 Å². The second kappa shape index (κ2) is 5.61. The van der Waals surface area contributed by atoms with E-state index in [0.717, 1.165) is 25.0 Å². The summed E-state index contributed by atoms with van der Waals surface area (Å²) in [6, 6.07) is 7.42. The Labute approximate surface area is 102 Å². The van der Waals surface area contributed by atoms with Crippen LogP contribution in [0.2, 0.25) is 0 Å². The topological polar surface area (TPSA) is 21.3 Å². The van der Waals surface area contributed by atoms with Gasteiger partial charge in [-0.05, 0) is 36.3 Å². The van der Waals surface area contributed by atoms with Crippen molar-refractivity contribution in [3.63, 3.8) is 0 Å². The van der Waals surface area contributed by atoms with E-state index in [-0.39, 0.29) is 5.82 Å². The maximum absolute atomic E-state index is 13.5. The van der Waals surface area contributed by atoms with Gasteiger partial charge >= 0.3 is 0 Å². The van der Waals surface area contributed by atoms with E-state index in [4.69, 9.17) is 4.84 Å². The number of halogens is 1. The van der Waals surface area contributed by atoms with Gasteiger partial charge in [0.2, 0.25) is 0 Å². The van der Waals surface area contributed by atoms with Crippen LogP contribution in [0.3, 0.4) is 0 Å². The quantitative estimate of drug-likeness (QED) is 0.794. The van der Waals surface area contributed by atoms with E-state index in [1.807, 2.05) is 12.1 Å². The zero-order valence-electron chi connectivity index (χ0n) is 10.4. The van der Waals surface area contributed by atoms with Crippen molar-refractivity contribution >= 4 is 0 Å². The normalized spacial score (nSPS) is 23.8. The average molecular weight is 237 g/mol. The first kappa shape index (κ1) is 12.5. The van der Waals surface area contributed by atoms with E-state index in [1.165, 1.54) is 6.07 Å². The van der Waals surface area contributed by atoms with Gasteiger partial charge in [-0.2, -0.15) is 5.48 Å². The lowest BCUT2D eigenvalue weighted by molar-refractivity contribution is -0.0214. The monoisotopic (exact) mass is 237 g/mol. The van der Waals surface area contributed by atoms with Crippen LogP contribution in [0.4, 0.5) is 4.39 Å². The van der Waals surface area contributed by atoms with Crippen LogP contribution < -0.4 is 5.48 Å². The maximum atomic E-state index is 13.5. The molecule has 0 aromatic heterocycles. The molecule has 0 saturated heterocycles. The highest BCUT2D eigenvalue weighted by molar-refractivity contribution is 5.24. The van der Waals surface area contributed by atoms with Crippen LogP contribution >= 0.6 is 0 Å². The number of rotatable bonds is 5. The Bertz CT molecular complexity index is 361. The van der Waals surface area contributed by atoms with E-state index in [2.05, 4.69) is 19.3 Å². The SMILES string of the molecule is CC(C)CONC1CC(c2ccccc2F)C1. The summed E-state index contributed by atoms with van der Waals surface area (Å²) < 4.78 is 13.5. The summed E-state index contributed by atoms with van der Waals surface area (Å²) in [5, 5.41) is 0. The Morgan fingerprint density at radius 1 is 1.35 bits per heavy atom. The second-order valence-electron chi connectivity index (χ2n) is 5.21. The van der Waals surface area contributed by atoms with Gasteiger partial charge in [0.1, 0.15) is 5.82 Å². The molecule has 1 saturated carbocycles. The third kappa shape index (κ3) is 3.27. The van der Waals surface area contributed by atoms with Gasteiger partial charge in [0, 0.05) is 6.04 Å². The molecule has 17 heavy (non-hydrogen) atoms. The minimum absolute atomic E-state index is 0.0842. The predicted molar refractivity (Wildman–Crippen MR) is 66.1 cm³/mol. The highest BCUT2D eigenvalue weighted by Gasteiger charge is 2.31. The van der Waals surface area contributed by atoms with E-state index in [1.54, 1.807) is 6.07 Å². The smallest absolute Gasteiger partial charge is 0.126 e. The molecule has 3 heteroatoms. The van der Waals surface area contributed by atoms with Crippen LogP contribution in [-0.2, 0) is 4.84 Å². The fraction of sp³-hybridized carbons (Fsp3) is 0.571. The molecule has 94 valence electrons. The van der Waals surface area contributed by atoms with Crippen molar-refractivity contribution < 1.29 is 9.23 Å². The van der Waals surface area contributed by atoms with Crippen LogP contribution in [0, 0.1) is 11.7 Å². The lowest BCUT2D eigenvalue weighted by Gasteiger charge is -2.36. The van der Waals surface area contributed by atoms with Gasteiger partial charge in [-0.1, -0.05) is 32.0 Å². The molecular weight excluding hydrogens is 217 g/mol. The van der Waals surface area contributed by atoms with Gasteiger partial charge in [0.25, 0.3) is 0 Å². The summed E-state index contributed by atoms with van der Waals surface area (Å²) in [6.07, 6.45) is 1.91. The highest BCUT2D eigenvalue weighted by atomic mass is 19.1. The minimum atomic E-state index is -0.0842. The Morgan fingerprint density at radius 2 is 2.06 bits per heavy atom. The molecule has 2 nitrogen and oxygen atoms in total. The van der Waals surface area contributed by atoms with E-state index >= 15 is 0 Å². The van der Waals surface area contributed by atoms with Crippen LogP contribution in [0.25, 0.3) is 0 Å². The number of benzene rings is 1. The van der Waals surface area contributed by atoms with Crippen molar-refractivity contribution in [3.05, 3.63) is 35.6 Å². The molecule has 1 N–H and O–H groups in total. The molecule has 1 aliphatic carbocycles. The zero-order chi connectivity index (χ0) is 12.3. The summed E-state index contributed by atoms with van der Waals surface area (Å²) in [6.45, 7) is 4.95. The molecule has 1 aliphatic rings. The van der Waals surface area contributed by atoms with E-state index < -0.39 is 0 Å². The lowest BCUT2D eigenvalue weighted by Crippen LogP contribution is -2.40. The summed E-state index contributed by atoms with van der Waals surface area (Å²) in [4.78, 5) is 5.37. The fourth-order valence-electron chi connectivity index (χ4n) is 2.11. The second-order valence-corrected chi connectivity index (χ2v) is 5.21. The Hall–Kier alpha value is -0.930. The summed E-state index contributed by atoms with van der Waals surface area (Å²) in [5.74, 6) is 0.792. The standard InChI is InChI=1S/C14H20FNO/c1-10(2)9-17-16-12-7-11(8-12)13-5-3-4-6-14(13)15/h3-6,10-12,16H,7-9H2,1-2H3. The van der Waals surface area contributed by atoms with Gasteiger partial charge in [-0.15, -0.1) is 0 Å². The van der Waals surface area contributed by atoms with Crippen LogP contribution in [0.1, 0.15) is 38.2 Å². The minimum Gasteiger partial charge on any atom is -0.301 e. The van der Waals surface area contributed by atoms with Crippen molar-refractivity contribution in [3.8, 4) is 0 Å². The average Bonchev–Trinajstić information content (AvgIpc) is 2.23. The largest absolute Gasteiger partial charge is 0.301 e. The number of hydrogen-bond acceptors (Lipinski definition) is 2. The third-order valence-corrected chi connectivity index (χ3v) is 3.15. The molecule has 0 atom stereocenters. The van der Waals surface area contributed by atoms with Gasteiger partial charge < -0.3 is 4.84 Å². The Kier molecular flexibility index (Phi) is 4.13. The molecule has 1 aromatic rings. The van der Waals surface area contributed by atoms with Crippen molar-refractivity contribution in [2.75, 3.05) is 6.61 Å². The molecular formula is C14H20FNO. The molecule has 0 radical (unpaired) electrons. The van der Waals surface area contributed by atoms with Crippen LogP contribution in [-0.4, -0.2) is 12.6 Å². The van der Waals surface area contributed by atoms with Crippen molar-refractivity contribution in [1.29, 1.82) is 0 Å². The number of hydroxylamine groups is 1. The first-order valence-corrected chi connectivity index (χ1v) is 6.28. The van der Waals surface area contributed by atoms with Crippen LogP contribution in [0.15, 0.2) is 24.3 Å². The zero-order valence-corrected chi connectivity index (χ0v) is 10.4. The molecule has 1 aromatic carbocycles. The van der Waals surface area contributed by atoms with Crippen molar-refractivity contribution in [2.24, 2.45) is 5.92 Å². The van der Waals surface area contributed by atoms with Gasteiger partial charge in [-0.25, -0.2) is 4.39 Å². The molecule has 2 rings (SSSR count). The van der Waals surface area contributed by atoms with Gasteiger partial charge in [0.05, 0.1) is 6.61 Å². The maximum Gasteiger partial charge on any atom is 0.126 e. The first-order valence-electron chi connectivity index (χ1n) is 6.28. The molecule has 0 spiro atoms. The number of hydrogen-bond donors (Lipinski definition) is 1. The van der Waals surface area contributed by atoms with Gasteiger partial charge in [0.15, 0.2) is 0 Å². The van der Waals surface area contributed by atoms with Crippen molar-refractivity contribution in [1.82, 2.24) is 5.48 Å². The van der Waals surface area contributed by atoms with Crippen molar-refractivity contribution in [2.45, 2.75) is 38.6 Å². The molecule has 0 unspecified atom stereocenters. The molecule has 0 aliphatic heterocycles. The summed E-state index contributed by atoms with van der Waals surface area (Å²) in [7, 11) is 0. The van der Waals surface area contributed by atoms with E-state index in [9.17, 15) is 4.39 Å². The first-order chi connectivity index (χ1) is 8.16. The van der Waals surface area contributed by atoms with Crippen LogP contribution in [0.5, 0.6) is 0 Å². The fourth-order valence-corrected chi connectivity index (χ4v) is 2.11. The Balaban J connectivity index is 1.74. The van der Waals surface area contributed by atoms with Gasteiger partial charge in [-0.3, -0.25) is 0 Å². The third-order valence-electron chi connectivity index (χ3n) is 3.15. The number of nitrogens with one attached hydrogen (secondary N) is 1. The molecule has 0 heterocycles. The molecule has 0 bridgehead atoms. The summed E-state index contributed by atoms with van der Waals surface area (Å²) >= 11 is 0. The summed E-state index contributed by atoms with van der Waals surface area (Å²) in [5.41, 5.74) is 3.89. The predicted octanol–water partition coefficient (Wildman–Crippen LogP) is 3.25. The Morgan fingerprint density at radius 3 is 2.71 bits per heavy atom. The molecule has 0 amide bonds. The lowest BCUT2D eigenvalue weighted by atomic mass is 9.76. The molecule has 1 fully saturated rings. The highest BCUT2D eigenvalue weighted by Crippen LogP contribution is 2.37.